The van der Waals surface area contributed by atoms with Crippen molar-refractivity contribution in [1.29, 1.82) is 0 Å². The van der Waals surface area contributed by atoms with Gasteiger partial charge in [-0.1, -0.05) is 43.3 Å². The molecular weight excluding hydrogens is 256 g/mol. The molecule has 0 heterocycles. The lowest BCUT2D eigenvalue weighted by Gasteiger charge is -2.12. The van der Waals surface area contributed by atoms with E-state index in [0.29, 0.717) is 0 Å². The third-order valence-corrected chi connectivity index (χ3v) is 6.07. The van der Waals surface area contributed by atoms with Gasteiger partial charge in [-0.25, -0.2) is 8.42 Å². The summed E-state index contributed by atoms with van der Waals surface area (Å²) < 4.78 is 24.5. The molecule has 1 fully saturated rings. The molecule has 19 heavy (non-hydrogen) atoms. The Morgan fingerprint density at radius 3 is 2.53 bits per heavy atom. The van der Waals surface area contributed by atoms with Gasteiger partial charge >= 0.3 is 0 Å². The topological polar surface area (TPSA) is 34.1 Å². The molecule has 0 N–H and O–H groups in total. The molecule has 0 amide bonds. The van der Waals surface area contributed by atoms with E-state index in [0.717, 1.165) is 41.2 Å². The Morgan fingerprint density at radius 2 is 1.84 bits per heavy atom. The van der Waals surface area contributed by atoms with Crippen LogP contribution in [0.5, 0.6) is 0 Å². The number of aryl methyl sites for hydroxylation is 1. The van der Waals surface area contributed by atoms with E-state index in [9.17, 15) is 8.42 Å². The molecule has 0 bridgehead atoms. The van der Waals surface area contributed by atoms with Gasteiger partial charge in [0.2, 0.25) is 0 Å². The number of fused-ring (bicyclic) bond motifs is 1. The van der Waals surface area contributed by atoms with E-state index in [1.807, 2.05) is 24.3 Å². The van der Waals surface area contributed by atoms with Crippen molar-refractivity contribution in [3.8, 4) is 0 Å². The molecule has 0 spiro atoms. The van der Waals surface area contributed by atoms with Crippen molar-refractivity contribution in [2.45, 2.75) is 37.2 Å². The van der Waals surface area contributed by atoms with Gasteiger partial charge in [0.05, 0.1) is 11.0 Å². The fourth-order valence-corrected chi connectivity index (χ4v) is 4.46. The maximum atomic E-state index is 12.3. The molecular formula is C16H18O2S. The van der Waals surface area contributed by atoms with Crippen molar-refractivity contribution in [3.05, 3.63) is 47.5 Å². The maximum Gasteiger partial charge on any atom is 0.157 e. The van der Waals surface area contributed by atoms with Crippen LogP contribution in [0.25, 0.3) is 10.8 Å². The second-order valence-corrected chi connectivity index (χ2v) is 7.57. The Morgan fingerprint density at radius 1 is 1.11 bits per heavy atom. The Balaban J connectivity index is 2.14. The van der Waals surface area contributed by atoms with Crippen molar-refractivity contribution in [2.75, 3.05) is 0 Å². The minimum atomic E-state index is -2.96. The van der Waals surface area contributed by atoms with Crippen LogP contribution in [0.1, 0.15) is 30.9 Å². The fourth-order valence-electron chi connectivity index (χ4n) is 2.63. The summed E-state index contributed by atoms with van der Waals surface area (Å²) in [5.41, 5.74) is 2.16. The maximum absolute atomic E-state index is 12.3. The van der Waals surface area contributed by atoms with Gasteiger partial charge < -0.3 is 0 Å². The van der Waals surface area contributed by atoms with E-state index >= 15 is 0 Å². The first kappa shape index (κ1) is 12.7. The standard InChI is InChI=1S/C16H18O2S/c1-2-12-7-8-13-5-3-4-6-15(13)16(12)11-19(17,18)14-9-10-14/h3-8,14H,2,9-11H2,1H3. The summed E-state index contributed by atoms with van der Waals surface area (Å²) in [6.07, 6.45) is 2.56. The van der Waals surface area contributed by atoms with E-state index in [4.69, 9.17) is 0 Å². The normalized spacial score (nSPS) is 15.8. The Bertz CT molecular complexity index is 713. The van der Waals surface area contributed by atoms with E-state index in [-0.39, 0.29) is 11.0 Å². The molecule has 2 aromatic rings. The third kappa shape index (κ3) is 2.39. The van der Waals surface area contributed by atoms with Gasteiger partial charge in [-0.05, 0) is 41.2 Å². The molecule has 1 saturated carbocycles. The number of hydrogen-bond donors (Lipinski definition) is 0. The van der Waals surface area contributed by atoms with Crippen LogP contribution >= 0.6 is 0 Å². The van der Waals surface area contributed by atoms with Crippen LogP contribution in [-0.2, 0) is 22.0 Å². The van der Waals surface area contributed by atoms with Crippen LogP contribution in [0.2, 0.25) is 0 Å². The quantitative estimate of drug-likeness (QED) is 0.855. The summed E-state index contributed by atoms with van der Waals surface area (Å²) in [6.45, 7) is 2.08. The molecule has 0 radical (unpaired) electrons. The molecule has 0 unspecified atom stereocenters. The number of hydrogen-bond acceptors (Lipinski definition) is 2. The summed E-state index contributed by atoms with van der Waals surface area (Å²) in [4.78, 5) is 0. The molecule has 1 aliphatic carbocycles. The number of rotatable bonds is 4. The molecule has 100 valence electrons. The second kappa shape index (κ2) is 4.64. The lowest BCUT2D eigenvalue weighted by Crippen LogP contribution is -2.11. The van der Waals surface area contributed by atoms with E-state index in [2.05, 4.69) is 19.1 Å². The average molecular weight is 274 g/mol. The predicted octanol–water partition coefficient (Wildman–Crippen LogP) is 3.48. The lowest BCUT2D eigenvalue weighted by atomic mass is 9.99. The zero-order valence-electron chi connectivity index (χ0n) is 11.1. The molecule has 2 aromatic carbocycles. The molecule has 3 heteroatoms. The van der Waals surface area contributed by atoms with Gasteiger partial charge in [-0.3, -0.25) is 0 Å². The van der Waals surface area contributed by atoms with Gasteiger partial charge in [0, 0.05) is 0 Å². The lowest BCUT2D eigenvalue weighted by molar-refractivity contribution is 0.594. The summed E-state index contributed by atoms with van der Waals surface area (Å²) in [6, 6.07) is 12.2. The summed E-state index contributed by atoms with van der Waals surface area (Å²) in [5.74, 6) is 0.197. The van der Waals surface area contributed by atoms with Gasteiger partial charge in [-0.2, -0.15) is 0 Å². The van der Waals surface area contributed by atoms with Crippen LogP contribution in [0.15, 0.2) is 36.4 Å². The molecule has 1 aliphatic rings. The van der Waals surface area contributed by atoms with E-state index < -0.39 is 9.84 Å². The van der Waals surface area contributed by atoms with Crippen molar-refractivity contribution in [2.24, 2.45) is 0 Å². The number of benzene rings is 2. The highest BCUT2D eigenvalue weighted by Gasteiger charge is 2.36. The number of sulfone groups is 1. The first-order chi connectivity index (χ1) is 9.12. The summed E-state index contributed by atoms with van der Waals surface area (Å²) >= 11 is 0. The first-order valence-corrected chi connectivity index (χ1v) is 8.54. The molecule has 0 aliphatic heterocycles. The van der Waals surface area contributed by atoms with Crippen molar-refractivity contribution >= 4 is 20.6 Å². The first-order valence-electron chi connectivity index (χ1n) is 6.83. The van der Waals surface area contributed by atoms with Crippen LogP contribution < -0.4 is 0 Å². The van der Waals surface area contributed by atoms with E-state index in [1.165, 1.54) is 0 Å². The molecule has 2 nitrogen and oxygen atoms in total. The zero-order valence-corrected chi connectivity index (χ0v) is 11.9. The second-order valence-electron chi connectivity index (χ2n) is 5.28. The highest BCUT2D eigenvalue weighted by molar-refractivity contribution is 7.91. The highest BCUT2D eigenvalue weighted by atomic mass is 32.2. The van der Waals surface area contributed by atoms with Gasteiger partial charge in [-0.15, -0.1) is 0 Å². The van der Waals surface area contributed by atoms with Crippen molar-refractivity contribution in [1.82, 2.24) is 0 Å². The minimum Gasteiger partial charge on any atom is -0.228 e. The average Bonchev–Trinajstić information content (AvgIpc) is 3.23. The van der Waals surface area contributed by atoms with Crippen LogP contribution in [0.4, 0.5) is 0 Å². The SMILES string of the molecule is CCc1ccc2ccccc2c1CS(=O)(=O)C1CC1. The monoisotopic (exact) mass is 274 g/mol. The van der Waals surface area contributed by atoms with Crippen LogP contribution in [-0.4, -0.2) is 13.7 Å². The molecule has 0 saturated heterocycles. The molecule has 0 atom stereocenters. The summed E-state index contributed by atoms with van der Waals surface area (Å²) in [5, 5.41) is 2.13. The Labute approximate surface area is 114 Å². The predicted molar refractivity (Wildman–Crippen MR) is 79.0 cm³/mol. The van der Waals surface area contributed by atoms with Gasteiger partial charge in [0.15, 0.2) is 9.84 Å². The minimum absolute atomic E-state index is 0.0869. The van der Waals surface area contributed by atoms with Crippen LogP contribution in [0, 0.1) is 0 Å². The summed E-state index contributed by atoms with van der Waals surface area (Å²) in [7, 11) is -2.96. The van der Waals surface area contributed by atoms with Gasteiger partial charge in [0.1, 0.15) is 0 Å². The zero-order chi connectivity index (χ0) is 13.5. The highest BCUT2D eigenvalue weighted by Crippen LogP contribution is 2.33. The largest absolute Gasteiger partial charge is 0.228 e. The fraction of sp³-hybridized carbons (Fsp3) is 0.375. The molecule has 3 rings (SSSR count). The van der Waals surface area contributed by atoms with Crippen molar-refractivity contribution in [3.63, 3.8) is 0 Å². The Kier molecular flexibility index (Phi) is 3.09. The Hall–Kier alpha value is -1.35. The van der Waals surface area contributed by atoms with Crippen LogP contribution in [0.3, 0.4) is 0 Å². The molecule has 0 aromatic heterocycles. The van der Waals surface area contributed by atoms with Gasteiger partial charge in [0.25, 0.3) is 0 Å². The third-order valence-electron chi connectivity index (χ3n) is 3.90. The smallest absolute Gasteiger partial charge is 0.157 e. The van der Waals surface area contributed by atoms with Crippen molar-refractivity contribution < 1.29 is 8.42 Å². The van der Waals surface area contributed by atoms with E-state index in [1.54, 1.807) is 0 Å².